The molecule has 3 aromatic carbocycles. The van der Waals surface area contributed by atoms with Gasteiger partial charge in [0.05, 0.1) is 4.92 Å². The summed E-state index contributed by atoms with van der Waals surface area (Å²) in [7, 11) is 0. The summed E-state index contributed by atoms with van der Waals surface area (Å²) in [6.07, 6.45) is 0. The van der Waals surface area contributed by atoms with Crippen LogP contribution >= 0.6 is 0 Å². The lowest BCUT2D eigenvalue weighted by Crippen LogP contribution is -1.98. The number of nitriles is 1. The van der Waals surface area contributed by atoms with E-state index in [0.29, 0.717) is 11.3 Å². The van der Waals surface area contributed by atoms with E-state index in [9.17, 15) is 15.4 Å². The molecule has 0 N–H and O–H groups in total. The van der Waals surface area contributed by atoms with E-state index in [-0.39, 0.29) is 12.3 Å². The molecule has 0 fully saturated rings. The Balaban J connectivity index is 1.84. The van der Waals surface area contributed by atoms with Gasteiger partial charge in [0.15, 0.2) is 0 Å². The van der Waals surface area contributed by atoms with Crippen LogP contribution in [0.15, 0.2) is 60.7 Å². The summed E-state index contributed by atoms with van der Waals surface area (Å²) in [6.45, 7) is 0.241. The average molecular weight is 304 g/mol. The van der Waals surface area contributed by atoms with Gasteiger partial charge < -0.3 is 4.74 Å². The third kappa shape index (κ3) is 2.97. The van der Waals surface area contributed by atoms with Crippen molar-refractivity contribution >= 4 is 16.5 Å². The van der Waals surface area contributed by atoms with Gasteiger partial charge in [0, 0.05) is 17.5 Å². The maximum absolute atomic E-state index is 10.6. The minimum atomic E-state index is -0.443. The molecule has 0 spiro atoms. The molecule has 0 unspecified atom stereocenters. The summed E-state index contributed by atoms with van der Waals surface area (Å²) in [5.41, 5.74) is 1.33. The quantitative estimate of drug-likeness (QED) is 0.534. The number of hydrogen-bond donors (Lipinski definition) is 0. The summed E-state index contributed by atoms with van der Waals surface area (Å²) in [5, 5.41) is 21.9. The zero-order valence-corrected chi connectivity index (χ0v) is 12.1. The van der Waals surface area contributed by atoms with Crippen LogP contribution in [0.1, 0.15) is 11.1 Å². The average Bonchev–Trinajstić information content (AvgIpc) is 2.59. The van der Waals surface area contributed by atoms with Crippen LogP contribution in [-0.4, -0.2) is 4.92 Å². The highest BCUT2D eigenvalue weighted by molar-refractivity contribution is 5.90. The number of hydrogen-bond acceptors (Lipinski definition) is 4. The van der Waals surface area contributed by atoms with Crippen LogP contribution in [0.5, 0.6) is 5.75 Å². The first kappa shape index (κ1) is 14.5. The van der Waals surface area contributed by atoms with Crippen LogP contribution in [0.4, 0.5) is 5.69 Å². The van der Waals surface area contributed by atoms with Crippen LogP contribution in [0.3, 0.4) is 0 Å². The number of benzene rings is 3. The van der Waals surface area contributed by atoms with Crippen molar-refractivity contribution in [1.29, 1.82) is 5.26 Å². The van der Waals surface area contributed by atoms with E-state index in [1.807, 2.05) is 30.3 Å². The predicted molar refractivity (Wildman–Crippen MR) is 86.1 cm³/mol. The van der Waals surface area contributed by atoms with Crippen molar-refractivity contribution in [2.24, 2.45) is 0 Å². The van der Waals surface area contributed by atoms with E-state index < -0.39 is 4.92 Å². The van der Waals surface area contributed by atoms with Crippen molar-refractivity contribution in [3.05, 3.63) is 81.9 Å². The van der Waals surface area contributed by atoms with E-state index >= 15 is 0 Å². The number of nitro benzene ring substituents is 1. The molecule has 0 aliphatic rings. The summed E-state index contributed by atoms with van der Waals surface area (Å²) in [4.78, 5) is 10.2. The molecule has 0 bridgehead atoms. The van der Waals surface area contributed by atoms with Crippen LogP contribution in [0.2, 0.25) is 0 Å². The Morgan fingerprint density at radius 2 is 1.78 bits per heavy atom. The van der Waals surface area contributed by atoms with Gasteiger partial charge in [-0.25, -0.2) is 0 Å². The van der Waals surface area contributed by atoms with Crippen LogP contribution < -0.4 is 4.74 Å². The summed E-state index contributed by atoms with van der Waals surface area (Å²) < 4.78 is 5.73. The predicted octanol–water partition coefficient (Wildman–Crippen LogP) is 4.20. The van der Waals surface area contributed by atoms with Gasteiger partial charge in [0.1, 0.15) is 24.0 Å². The van der Waals surface area contributed by atoms with E-state index in [0.717, 1.165) is 16.3 Å². The van der Waals surface area contributed by atoms with Gasteiger partial charge in [-0.1, -0.05) is 30.3 Å². The molecule has 0 heterocycles. The standard InChI is InChI=1S/C18H12N2O3/c19-11-17-16-4-2-1-3-14(16)7-10-18(17)23-12-13-5-8-15(9-6-13)20(21)22/h1-10H,12H2. The van der Waals surface area contributed by atoms with Gasteiger partial charge in [-0.05, 0) is 29.1 Å². The zero-order valence-electron chi connectivity index (χ0n) is 12.1. The van der Waals surface area contributed by atoms with Crippen molar-refractivity contribution in [3.8, 4) is 11.8 Å². The molecule has 3 rings (SSSR count). The second kappa shape index (κ2) is 6.16. The summed E-state index contributed by atoms with van der Waals surface area (Å²) >= 11 is 0. The van der Waals surface area contributed by atoms with Gasteiger partial charge >= 0.3 is 0 Å². The molecule has 0 aliphatic carbocycles. The number of ether oxygens (including phenoxy) is 1. The second-order valence-electron chi connectivity index (χ2n) is 4.98. The highest BCUT2D eigenvalue weighted by Gasteiger charge is 2.09. The fraction of sp³-hybridized carbons (Fsp3) is 0.0556. The maximum atomic E-state index is 10.6. The number of nitro groups is 1. The fourth-order valence-corrected chi connectivity index (χ4v) is 2.36. The molecule has 0 amide bonds. The first-order chi connectivity index (χ1) is 11.2. The van der Waals surface area contributed by atoms with Crippen molar-refractivity contribution in [1.82, 2.24) is 0 Å². The van der Waals surface area contributed by atoms with E-state index in [4.69, 9.17) is 4.74 Å². The van der Waals surface area contributed by atoms with Crippen molar-refractivity contribution in [3.63, 3.8) is 0 Å². The molecule has 23 heavy (non-hydrogen) atoms. The highest BCUT2D eigenvalue weighted by atomic mass is 16.6. The Morgan fingerprint density at radius 3 is 2.48 bits per heavy atom. The molecular weight excluding hydrogens is 292 g/mol. The maximum Gasteiger partial charge on any atom is 0.269 e. The minimum Gasteiger partial charge on any atom is -0.487 e. The first-order valence-electron chi connectivity index (χ1n) is 6.97. The van der Waals surface area contributed by atoms with Crippen LogP contribution in [-0.2, 0) is 6.61 Å². The number of non-ortho nitro benzene ring substituents is 1. The lowest BCUT2D eigenvalue weighted by atomic mass is 10.0. The summed E-state index contributed by atoms with van der Waals surface area (Å²) in [6, 6.07) is 19.6. The lowest BCUT2D eigenvalue weighted by molar-refractivity contribution is -0.384. The fourth-order valence-electron chi connectivity index (χ4n) is 2.36. The highest BCUT2D eigenvalue weighted by Crippen LogP contribution is 2.28. The Labute approximate surface area is 132 Å². The SMILES string of the molecule is N#Cc1c(OCc2ccc([N+](=O)[O-])cc2)ccc2ccccc12. The molecule has 5 nitrogen and oxygen atoms in total. The van der Waals surface area contributed by atoms with Gasteiger partial charge in [-0.3, -0.25) is 10.1 Å². The monoisotopic (exact) mass is 304 g/mol. The molecule has 0 atom stereocenters. The molecular formula is C18H12N2O3. The van der Waals surface area contributed by atoms with Crippen molar-refractivity contribution in [2.75, 3.05) is 0 Å². The largest absolute Gasteiger partial charge is 0.487 e. The van der Waals surface area contributed by atoms with Crippen LogP contribution in [0.25, 0.3) is 10.8 Å². The number of fused-ring (bicyclic) bond motifs is 1. The molecule has 0 aromatic heterocycles. The number of rotatable bonds is 4. The number of nitrogens with zero attached hydrogens (tertiary/aromatic N) is 2. The van der Waals surface area contributed by atoms with Crippen molar-refractivity contribution < 1.29 is 9.66 Å². The van der Waals surface area contributed by atoms with Gasteiger partial charge in [0.2, 0.25) is 0 Å². The smallest absolute Gasteiger partial charge is 0.269 e. The molecule has 112 valence electrons. The first-order valence-corrected chi connectivity index (χ1v) is 6.97. The molecule has 5 heteroatoms. The Morgan fingerprint density at radius 1 is 1.04 bits per heavy atom. The Bertz CT molecular complexity index is 912. The van der Waals surface area contributed by atoms with Crippen LogP contribution in [0, 0.1) is 21.4 Å². The van der Waals surface area contributed by atoms with Gasteiger partial charge in [-0.2, -0.15) is 5.26 Å². The topological polar surface area (TPSA) is 76.2 Å². The molecule has 0 aliphatic heterocycles. The molecule has 0 saturated carbocycles. The Kier molecular flexibility index (Phi) is 3.89. The Hall–Kier alpha value is -3.39. The van der Waals surface area contributed by atoms with Gasteiger partial charge in [-0.15, -0.1) is 0 Å². The third-order valence-corrected chi connectivity index (χ3v) is 3.54. The zero-order chi connectivity index (χ0) is 16.2. The molecule has 3 aromatic rings. The summed E-state index contributed by atoms with van der Waals surface area (Å²) in [5.74, 6) is 0.504. The van der Waals surface area contributed by atoms with Crippen molar-refractivity contribution in [2.45, 2.75) is 6.61 Å². The second-order valence-corrected chi connectivity index (χ2v) is 4.98. The normalized spacial score (nSPS) is 10.2. The van der Waals surface area contributed by atoms with E-state index in [1.165, 1.54) is 12.1 Å². The van der Waals surface area contributed by atoms with Gasteiger partial charge in [0.25, 0.3) is 5.69 Å². The minimum absolute atomic E-state index is 0.0390. The molecule has 0 saturated heterocycles. The van der Waals surface area contributed by atoms with E-state index in [1.54, 1.807) is 18.2 Å². The van der Waals surface area contributed by atoms with E-state index in [2.05, 4.69) is 6.07 Å². The lowest BCUT2D eigenvalue weighted by Gasteiger charge is -2.10. The third-order valence-electron chi connectivity index (χ3n) is 3.54. The molecule has 0 radical (unpaired) electrons.